The molecule has 3 N–H and O–H groups in total. The molecule has 100 heavy (non-hydrogen) atoms. The highest BCUT2D eigenvalue weighted by atomic mass is 31.2. The predicted molar refractivity (Wildman–Crippen MR) is 409 cm³/mol. The summed E-state index contributed by atoms with van der Waals surface area (Å²) >= 11 is 0. The number of phosphoric acid groups is 2. The van der Waals surface area contributed by atoms with Crippen molar-refractivity contribution in [3.05, 3.63) is 72.9 Å². The fourth-order valence-electron chi connectivity index (χ4n) is 11.0. The first-order valence-corrected chi connectivity index (χ1v) is 43.2. The molecule has 0 aromatic heterocycles. The molecule has 0 heterocycles. The number of aliphatic hydroxyl groups excluding tert-OH is 1. The Hall–Kier alpha value is -3.50. The lowest BCUT2D eigenvalue weighted by atomic mass is 10.0. The molecule has 582 valence electrons. The van der Waals surface area contributed by atoms with Crippen LogP contribution in [0.2, 0.25) is 0 Å². The van der Waals surface area contributed by atoms with E-state index < -0.39 is 97.5 Å². The maximum Gasteiger partial charge on any atom is 0.472 e. The lowest BCUT2D eigenvalue weighted by Crippen LogP contribution is -2.30. The van der Waals surface area contributed by atoms with Gasteiger partial charge in [0, 0.05) is 25.7 Å². The zero-order valence-corrected chi connectivity index (χ0v) is 65.4. The third-order valence-electron chi connectivity index (χ3n) is 17.2. The molecule has 0 fully saturated rings. The molecule has 0 radical (unpaired) electrons. The quantitative estimate of drug-likeness (QED) is 0.0169. The SMILES string of the molecule is CCCCC/C=C\C/C=C\C/C=C\C/C=C\CCCC(=O)OC[C@H](COP(=O)(O)OC[C@H](O)COP(=O)(O)OC[C@@H](COC(=O)CCCCCCCCCCCCCCC)OC(=O)CCCCCCC/C=C\C/C=C\CCCCC)OC(=O)CCCCCCCCCCCCCCCCC. The normalized spacial score (nSPS) is 14.3. The summed E-state index contributed by atoms with van der Waals surface area (Å²) in [6, 6.07) is 0. The van der Waals surface area contributed by atoms with Crippen LogP contribution in [0, 0.1) is 0 Å². The number of carbonyl (C=O) groups is 4. The average molecular weight is 1450 g/mol. The third kappa shape index (κ3) is 72.8. The van der Waals surface area contributed by atoms with Gasteiger partial charge in [0.1, 0.15) is 19.3 Å². The Morgan fingerprint density at radius 1 is 0.280 bits per heavy atom. The van der Waals surface area contributed by atoms with Crippen molar-refractivity contribution in [3.8, 4) is 0 Å². The molecule has 19 heteroatoms. The summed E-state index contributed by atoms with van der Waals surface area (Å²) in [5.74, 6) is -2.22. The summed E-state index contributed by atoms with van der Waals surface area (Å²) in [6.07, 6.45) is 74.5. The van der Waals surface area contributed by atoms with E-state index in [0.717, 1.165) is 116 Å². The highest BCUT2D eigenvalue weighted by Gasteiger charge is 2.30. The number of phosphoric ester groups is 2. The molecule has 0 amide bonds. The Labute approximate surface area is 609 Å². The van der Waals surface area contributed by atoms with Crippen molar-refractivity contribution in [3.63, 3.8) is 0 Å². The summed E-state index contributed by atoms with van der Waals surface area (Å²) in [5, 5.41) is 10.6. The highest BCUT2D eigenvalue weighted by molar-refractivity contribution is 7.47. The predicted octanol–water partition coefficient (Wildman–Crippen LogP) is 23.2. The Balaban J connectivity index is 5.38. The van der Waals surface area contributed by atoms with Crippen molar-refractivity contribution in [1.29, 1.82) is 0 Å². The largest absolute Gasteiger partial charge is 0.472 e. The van der Waals surface area contributed by atoms with Crippen LogP contribution in [0.25, 0.3) is 0 Å². The maximum absolute atomic E-state index is 13.1. The molecule has 0 spiro atoms. The van der Waals surface area contributed by atoms with Crippen LogP contribution in [0.1, 0.15) is 362 Å². The van der Waals surface area contributed by atoms with E-state index in [0.29, 0.717) is 32.1 Å². The molecule has 5 atom stereocenters. The summed E-state index contributed by atoms with van der Waals surface area (Å²) < 4.78 is 68.5. The van der Waals surface area contributed by atoms with E-state index in [2.05, 4.69) is 88.5 Å². The summed E-state index contributed by atoms with van der Waals surface area (Å²) in [4.78, 5) is 72.9. The molecule has 0 aliphatic rings. The van der Waals surface area contributed by atoms with E-state index in [1.807, 2.05) is 12.2 Å². The van der Waals surface area contributed by atoms with Crippen molar-refractivity contribution in [1.82, 2.24) is 0 Å². The Morgan fingerprint density at radius 2 is 0.500 bits per heavy atom. The van der Waals surface area contributed by atoms with E-state index in [1.54, 1.807) is 0 Å². The Kier molecular flexibility index (Phi) is 71.2. The number of hydrogen-bond donors (Lipinski definition) is 3. The number of allylic oxidation sites excluding steroid dienone is 12. The number of carbonyl (C=O) groups excluding carboxylic acids is 4. The first-order chi connectivity index (χ1) is 48.7. The molecule has 2 unspecified atom stereocenters. The molecule has 0 rings (SSSR count). The van der Waals surface area contributed by atoms with Crippen molar-refractivity contribution >= 4 is 39.5 Å². The fraction of sp³-hybridized carbons (Fsp3) is 0.802. The summed E-state index contributed by atoms with van der Waals surface area (Å²) in [5.41, 5.74) is 0. The average Bonchev–Trinajstić information content (AvgIpc) is 0.945. The smallest absolute Gasteiger partial charge is 0.462 e. The zero-order chi connectivity index (χ0) is 73.2. The van der Waals surface area contributed by atoms with Gasteiger partial charge in [0.2, 0.25) is 0 Å². The van der Waals surface area contributed by atoms with Gasteiger partial charge in [-0.25, -0.2) is 9.13 Å². The second-order valence-electron chi connectivity index (χ2n) is 27.0. The maximum atomic E-state index is 13.1. The van der Waals surface area contributed by atoms with Crippen LogP contribution in [-0.2, 0) is 65.4 Å². The van der Waals surface area contributed by atoms with E-state index in [1.165, 1.54) is 161 Å². The van der Waals surface area contributed by atoms with Gasteiger partial charge in [0.25, 0.3) is 0 Å². The number of hydrogen-bond acceptors (Lipinski definition) is 15. The second kappa shape index (κ2) is 73.8. The van der Waals surface area contributed by atoms with Crippen LogP contribution >= 0.6 is 15.6 Å². The van der Waals surface area contributed by atoms with Crippen molar-refractivity contribution < 1.29 is 80.2 Å². The van der Waals surface area contributed by atoms with Crippen LogP contribution in [0.3, 0.4) is 0 Å². The number of esters is 4. The third-order valence-corrected chi connectivity index (χ3v) is 19.1. The van der Waals surface area contributed by atoms with Crippen LogP contribution < -0.4 is 0 Å². The van der Waals surface area contributed by atoms with Gasteiger partial charge in [-0.15, -0.1) is 0 Å². The Bertz CT molecular complexity index is 2180. The molecule has 0 saturated carbocycles. The van der Waals surface area contributed by atoms with E-state index in [-0.39, 0.29) is 25.7 Å². The van der Waals surface area contributed by atoms with E-state index in [4.69, 9.17) is 37.0 Å². The molecule has 0 aromatic rings. The molecular formula is C81H146O17P2. The molecule has 0 aliphatic carbocycles. The summed E-state index contributed by atoms with van der Waals surface area (Å²) in [6.45, 7) is 4.81. The molecule has 0 aliphatic heterocycles. The Morgan fingerprint density at radius 3 is 0.810 bits per heavy atom. The number of ether oxygens (including phenoxy) is 4. The van der Waals surface area contributed by atoms with Gasteiger partial charge in [-0.1, -0.05) is 312 Å². The standard InChI is InChI=1S/C81H146O17P2/c1-5-9-13-17-21-25-29-33-36-37-40-42-46-50-54-58-62-66-79(84)92-72-77(98-81(86)68-64-60-56-52-48-44-39-35-31-27-23-19-15-11-7-3)74-96-100(89,90)94-70-75(82)69-93-99(87,88)95-73-76(71-91-78(83)65-61-57-53-49-45-41-32-28-24-20-16-12-8-4)97-80(85)67-63-59-55-51-47-43-38-34-30-26-22-18-14-10-6-2/h21-22,25-26,33-34,36,38,40,42,50,54,75-77,82H,5-20,23-24,27-32,35,37,39,41,43-49,51-53,55-74H2,1-4H3,(H,87,88)(H,89,90)/b25-21-,26-22-,36-33-,38-34-,42-40-,54-50-/t75-,76-,77-/m1/s1. The zero-order valence-electron chi connectivity index (χ0n) is 63.6. The topological polar surface area (TPSA) is 237 Å². The minimum absolute atomic E-state index is 0.0823. The number of aliphatic hydroxyl groups is 1. The van der Waals surface area contributed by atoms with Gasteiger partial charge in [-0.3, -0.25) is 37.3 Å². The number of rotatable bonds is 76. The van der Waals surface area contributed by atoms with Crippen LogP contribution in [-0.4, -0.2) is 96.7 Å². The minimum atomic E-state index is -4.98. The van der Waals surface area contributed by atoms with Crippen LogP contribution in [0.5, 0.6) is 0 Å². The molecule has 0 bridgehead atoms. The lowest BCUT2D eigenvalue weighted by molar-refractivity contribution is -0.161. The minimum Gasteiger partial charge on any atom is -0.462 e. The van der Waals surface area contributed by atoms with Crippen LogP contribution in [0.4, 0.5) is 0 Å². The van der Waals surface area contributed by atoms with Crippen LogP contribution in [0.15, 0.2) is 72.9 Å². The highest BCUT2D eigenvalue weighted by Crippen LogP contribution is 2.45. The van der Waals surface area contributed by atoms with Crippen molar-refractivity contribution in [2.24, 2.45) is 0 Å². The first-order valence-electron chi connectivity index (χ1n) is 40.2. The van der Waals surface area contributed by atoms with Gasteiger partial charge in [-0.2, -0.15) is 0 Å². The van der Waals surface area contributed by atoms with E-state index in [9.17, 15) is 43.2 Å². The van der Waals surface area contributed by atoms with Gasteiger partial charge >= 0.3 is 39.5 Å². The first kappa shape index (κ1) is 96.5. The van der Waals surface area contributed by atoms with Gasteiger partial charge in [0.05, 0.1) is 26.4 Å². The molecular weight excluding hydrogens is 1310 g/mol. The fourth-order valence-corrected chi connectivity index (χ4v) is 12.6. The number of unbranched alkanes of at least 4 members (excludes halogenated alkanes) is 38. The monoisotopic (exact) mass is 1450 g/mol. The molecule has 0 aromatic carbocycles. The second-order valence-corrected chi connectivity index (χ2v) is 29.9. The van der Waals surface area contributed by atoms with Gasteiger partial charge < -0.3 is 33.8 Å². The molecule has 0 saturated heterocycles. The molecule has 17 nitrogen and oxygen atoms in total. The summed E-state index contributed by atoms with van der Waals surface area (Å²) in [7, 11) is -9.96. The van der Waals surface area contributed by atoms with Crippen molar-refractivity contribution in [2.45, 2.75) is 380 Å². The van der Waals surface area contributed by atoms with Crippen molar-refractivity contribution in [2.75, 3.05) is 39.6 Å². The van der Waals surface area contributed by atoms with E-state index >= 15 is 0 Å². The lowest BCUT2D eigenvalue weighted by Gasteiger charge is -2.21. The van der Waals surface area contributed by atoms with Gasteiger partial charge in [-0.05, 0) is 96.3 Å². The van der Waals surface area contributed by atoms with Gasteiger partial charge in [0.15, 0.2) is 12.2 Å².